The van der Waals surface area contributed by atoms with Gasteiger partial charge in [-0.05, 0) is 19.3 Å². The Morgan fingerprint density at radius 3 is 2.74 bits per heavy atom. The van der Waals surface area contributed by atoms with Gasteiger partial charge >= 0.3 is 0 Å². The highest BCUT2D eigenvalue weighted by molar-refractivity contribution is 7.89. The molecule has 0 bridgehead atoms. The first-order valence-corrected chi connectivity index (χ1v) is 7.80. The predicted octanol–water partition coefficient (Wildman–Crippen LogP) is 1.11. The molecule has 1 aliphatic heterocycles. The van der Waals surface area contributed by atoms with Crippen LogP contribution in [0, 0.1) is 12.8 Å². The standard InChI is InChI=1S/C12H18N2O4S/c1-3-9-4-5-14(7-9)12(15)10-6-11(8(2)18-10)19(13,16)17/h6,9H,3-5,7H2,1-2H3,(H2,13,16,17). The summed E-state index contributed by atoms with van der Waals surface area (Å²) in [5.41, 5.74) is 0. The molecule has 6 nitrogen and oxygen atoms in total. The average molecular weight is 286 g/mol. The maximum atomic E-state index is 12.2. The molecule has 0 radical (unpaired) electrons. The van der Waals surface area contributed by atoms with E-state index in [2.05, 4.69) is 6.92 Å². The van der Waals surface area contributed by atoms with Gasteiger partial charge in [0.25, 0.3) is 5.91 Å². The molecule has 1 aromatic heterocycles. The Kier molecular flexibility index (Phi) is 3.69. The highest BCUT2D eigenvalue weighted by Gasteiger charge is 2.29. The van der Waals surface area contributed by atoms with Crippen molar-refractivity contribution in [3.8, 4) is 0 Å². The Hall–Kier alpha value is -1.34. The van der Waals surface area contributed by atoms with Crippen molar-refractivity contribution < 1.29 is 17.6 Å². The number of hydrogen-bond donors (Lipinski definition) is 1. The van der Waals surface area contributed by atoms with E-state index < -0.39 is 10.0 Å². The maximum Gasteiger partial charge on any atom is 0.289 e. The molecule has 1 aromatic rings. The van der Waals surface area contributed by atoms with Crippen molar-refractivity contribution in [2.75, 3.05) is 13.1 Å². The van der Waals surface area contributed by atoms with Gasteiger partial charge in [0.2, 0.25) is 10.0 Å². The van der Waals surface area contributed by atoms with E-state index in [1.165, 1.54) is 13.0 Å². The Balaban J connectivity index is 2.22. The number of nitrogens with two attached hydrogens (primary N) is 1. The number of carbonyl (C=O) groups is 1. The zero-order valence-corrected chi connectivity index (χ0v) is 11.9. The average Bonchev–Trinajstić information content (AvgIpc) is 2.93. The topological polar surface area (TPSA) is 93.6 Å². The number of hydrogen-bond acceptors (Lipinski definition) is 4. The van der Waals surface area contributed by atoms with E-state index >= 15 is 0 Å². The van der Waals surface area contributed by atoms with E-state index in [-0.39, 0.29) is 22.3 Å². The second-order valence-electron chi connectivity index (χ2n) is 4.89. The molecule has 1 unspecified atom stereocenters. The van der Waals surface area contributed by atoms with Crippen molar-refractivity contribution in [1.82, 2.24) is 4.90 Å². The minimum Gasteiger partial charge on any atom is -0.455 e. The van der Waals surface area contributed by atoms with Gasteiger partial charge in [0.15, 0.2) is 5.76 Å². The normalized spacial score (nSPS) is 19.9. The summed E-state index contributed by atoms with van der Waals surface area (Å²) in [5, 5.41) is 5.06. The third-order valence-corrected chi connectivity index (χ3v) is 4.56. The third-order valence-electron chi connectivity index (χ3n) is 3.54. The molecule has 1 aliphatic rings. The highest BCUT2D eigenvalue weighted by atomic mass is 32.2. The summed E-state index contributed by atoms with van der Waals surface area (Å²) in [7, 11) is -3.85. The number of carbonyl (C=O) groups excluding carboxylic acids is 1. The molecule has 2 rings (SSSR count). The van der Waals surface area contributed by atoms with Crippen LogP contribution in [0.15, 0.2) is 15.4 Å². The van der Waals surface area contributed by atoms with Crippen LogP contribution in [0.2, 0.25) is 0 Å². The van der Waals surface area contributed by atoms with Gasteiger partial charge in [-0.2, -0.15) is 0 Å². The molecule has 106 valence electrons. The zero-order chi connectivity index (χ0) is 14.2. The number of primary sulfonamides is 1. The zero-order valence-electron chi connectivity index (χ0n) is 11.0. The first kappa shape index (κ1) is 14.1. The van der Waals surface area contributed by atoms with E-state index in [1.807, 2.05) is 0 Å². The van der Waals surface area contributed by atoms with Gasteiger partial charge in [-0.15, -0.1) is 0 Å². The monoisotopic (exact) mass is 286 g/mol. The van der Waals surface area contributed by atoms with Gasteiger partial charge in [0.1, 0.15) is 10.7 Å². The van der Waals surface area contributed by atoms with E-state index in [9.17, 15) is 13.2 Å². The van der Waals surface area contributed by atoms with Gasteiger partial charge in [0, 0.05) is 19.2 Å². The Morgan fingerprint density at radius 1 is 1.58 bits per heavy atom. The first-order valence-electron chi connectivity index (χ1n) is 6.25. The van der Waals surface area contributed by atoms with Crippen LogP contribution < -0.4 is 5.14 Å². The van der Waals surface area contributed by atoms with Crippen LogP contribution in [0.5, 0.6) is 0 Å². The number of aryl methyl sites for hydroxylation is 1. The largest absolute Gasteiger partial charge is 0.455 e. The minimum absolute atomic E-state index is 0.0401. The van der Waals surface area contributed by atoms with Gasteiger partial charge in [-0.3, -0.25) is 4.79 Å². The summed E-state index contributed by atoms with van der Waals surface area (Å²) in [6.07, 6.45) is 2.01. The SMILES string of the molecule is CCC1CCN(C(=O)c2cc(S(N)(=O)=O)c(C)o2)C1. The van der Waals surface area contributed by atoms with Crippen LogP contribution in [-0.2, 0) is 10.0 Å². The summed E-state index contributed by atoms with van der Waals surface area (Å²) in [6, 6.07) is 1.21. The van der Waals surface area contributed by atoms with Gasteiger partial charge in [-0.1, -0.05) is 13.3 Å². The summed E-state index contributed by atoms with van der Waals surface area (Å²) in [5.74, 6) is 0.432. The molecule has 2 heterocycles. The molecule has 0 aliphatic carbocycles. The molecule has 1 fully saturated rings. The number of rotatable bonds is 3. The second-order valence-corrected chi connectivity index (χ2v) is 6.42. The van der Waals surface area contributed by atoms with E-state index in [0.29, 0.717) is 19.0 Å². The summed E-state index contributed by atoms with van der Waals surface area (Å²) >= 11 is 0. The number of furan rings is 1. The fourth-order valence-electron chi connectivity index (χ4n) is 2.36. The van der Waals surface area contributed by atoms with Gasteiger partial charge in [-0.25, -0.2) is 13.6 Å². The van der Waals surface area contributed by atoms with Crippen LogP contribution in [0.1, 0.15) is 36.1 Å². The Bertz CT molecular complexity index is 591. The van der Waals surface area contributed by atoms with Crippen LogP contribution in [0.4, 0.5) is 0 Å². The van der Waals surface area contributed by atoms with Crippen molar-refractivity contribution in [1.29, 1.82) is 0 Å². The smallest absolute Gasteiger partial charge is 0.289 e. The molecule has 2 N–H and O–H groups in total. The summed E-state index contributed by atoms with van der Waals surface area (Å²) in [4.78, 5) is 13.8. The van der Waals surface area contributed by atoms with Crippen molar-refractivity contribution >= 4 is 15.9 Å². The van der Waals surface area contributed by atoms with E-state index in [0.717, 1.165) is 12.8 Å². The van der Waals surface area contributed by atoms with Crippen molar-refractivity contribution in [3.05, 3.63) is 17.6 Å². The fraction of sp³-hybridized carbons (Fsp3) is 0.583. The first-order chi connectivity index (χ1) is 8.82. The molecule has 1 saturated heterocycles. The molecule has 0 saturated carbocycles. The fourth-order valence-corrected chi connectivity index (χ4v) is 3.07. The lowest BCUT2D eigenvalue weighted by atomic mass is 10.1. The number of nitrogens with zero attached hydrogens (tertiary/aromatic N) is 1. The van der Waals surface area contributed by atoms with Gasteiger partial charge in [0.05, 0.1) is 0 Å². The molecular weight excluding hydrogens is 268 g/mol. The third kappa shape index (κ3) is 2.82. The summed E-state index contributed by atoms with van der Waals surface area (Å²) in [6.45, 7) is 4.95. The summed E-state index contributed by atoms with van der Waals surface area (Å²) < 4.78 is 27.8. The van der Waals surface area contributed by atoms with Crippen LogP contribution >= 0.6 is 0 Å². The lowest BCUT2D eigenvalue weighted by Gasteiger charge is -2.14. The van der Waals surface area contributed by atoms with Gasteiger partial charge < -0.3 is 9.32 Å². The molecule has 19 heavy (non-hydrogen) atoms. The van der Waals surface area contributed by atoms with E-state index in [4.69, 9.17) is 9.56 Å². The molecule has 1 amide bonds. The molecule has 0 aromatic carbocycles. The molecule has 1 atom stereocenters. The number of amides is 1. The predicted molar refractivity (Wildman–Crippen MR) is 69.1 cm³/mol. The van der Waals surface area contributed by atoms with Crippen LogP contribution in [-0.4, -0.2) is 32.3 Å². The quantitative estimate of drug-likeness (QED) is 0.900. The number of sulfonamides is 1. The molecule has 0 spiro atoms. The Morgan fingerprint density at radius 2 is 2.26 bits per heavy atom. The van der Waals surface area contributed by atoms with Crippen LogP contribution in [0.25, 0.3) is 0 Å². The lowest BCUT2D eigenvalue weighted by Crippen LogP contribution is -2.28. The lowest BCUT2D eigenvalue weighted by molar-refractivity contribution is 0.0754. The van der Waals surface area contributed by atoms with Crippen molar-refractivity contribution in [3.63, 3.8) is 0 Å². The number of likely N-dealkylation sites (tertiary alicyclic amines) is 1. The second kappa shape index (κ2) is 4.97. The van der Waals surface area contributed by atoms with Crippen molar-refractivity contribution in [2.24, 2.45) is 11.1 Å². The van der Waals surface area contributed by atoms with E-state index in [1.54, 1.807) is 4.90 Å². The van der Waals surface area contributed by atoms with Crippen molar-refractivity contribution in [2.45, 2.75) is 31.6 Å². The van der Waals surface area contributed by atoms with Crippen LogP contribution in [0.3, 0.4) is 0 Å². The highest BCUT2D eigenvalue weighted by Crippen LogP contribution is 2.24. The Labute approximate surface area is 112 Å². The minimum atomic E-state index is -3.85. The maximum absolute atomic E-state index is 12.2. The molecular formula is C12H18N2O4S. The molecule has 7 heteroatoms.